The second-order valence-electron chi connectivity index (χ2n) is 18.4. The number of nitrogens with zero attached hydrogens (tertiary/aromatic N) is 1. The van der Waals surface area contributed by atoms with Gasteiger partial charge in [0.1, 0.15) is 22.3 Å². The second-order valence-corrected chi connectivity index (χ2v) is 19.4. The zero-order valence-corrected chi connectivity index (χ0v) is 37.7. The predicted molar refractivity (Wildman–Crippen MR) is 282 cm³/mol. The van der Waals surface area contributed by atoms with E-state index in [-0.39, 0.29) is 5.41 Å². The van der Waals surface area contributed by atoms with Gasteiger partial charge in [0.25, 0.3) is 0 Å². The Labute approximate surface area is 391 Å². The highest BCUT2D eigenvalue weighted by Gasteiger charge is 2.36. The Hall–Kier alpha value is -8.18. The third-order valence-corrected chi connectivity index (χ3v) is 15.5. The number of furan rings is 2. The molecule has 10 aromatic carbocycles. The van der Waals surface area contributed by atoms with Crippen LogP contribution in [0, 0.1) is 0 Å². The van der Waals surface area contributed by atoms with Crippen LogP contribution < -0.4 is 4.90 Å². The fraction of sp³-hybridized carbons (Fsp3) is 0.0476. The highest BCUT2D eigenvalue weighted by molar-refractivity contribution is 7.26. The Morgan fingerprint density at radius 1 is 0.388 bits per heavy atom. The van der Waals surface area contributed by atoms with E-state index in [0.717, 1.165) is 83.2 Å². The van der Waals surface area contributed by atoms with Gasteiger partial charge in [-0.1, -0.05) is 159 Å². The quantitative estimate of drug-likeness (QED) is 0.167. The van der Waals surface area contributed by atoms with Crippen LogP contribution in [0.4, 0.5) is 17.1 Å². The average Bonchev–Trinajstić information content (AvgIpc) is 4.12. The van der Waals surface area contributed by atoms with E-state index in [2.05, 4.69) is 219 Å². The molecule has 0 fully saturated rings. The minimum Gasteiger partial charge on any atom is -0.456 e. The number of thiophene rings is 1. The van der Waals surface area contributed by atoms with Gasteiger partial charge in [0.2, 0.25) is 0 Å². The van der Waals surface area contributed by atoms with Crippen LogP contribution in [0.1, 0.15) is 25.0 Å². The van der Waals surface area contributed by atoms with Crippen LogP contribution in [0.5, 0.6) is 0 Å². The summed E-state index contributed by atoms with van der Waals surface area (Å²) >= 11 is 1.87. The molecule has 0 unspecified atom stereocenters. The Kier molecular flexibility index (Phi) is 8.20. The molecule has 1 aliphatic rings. The summed E-state index contributed by atoms with van der Waals surface area (Å²) in [7, 11) is 0. The highest BCUT2D eigenvalue weighted by atomic mass is 32.1. The fourth-order valence-corrected chi connectivity index (χ4v) is 12.3. The molecule has 0 radical (unpaired) electrons. The first kappa shape index (κ1) is 38.1. The van der Waals surface area contributed by atoms with Crippen LogP contribution in [-0.2, 0) is 5.41 Å². The number of rotatable bonds is 6. The van der Waals surface area contributed by atoms with Crippen LogP contribution in [0.25, 0.3) is 109 Å². The maximum Gasteiger partial charge on any atom is 0.144 e. The minimum absolute atomic E-state index is 0.126. The van der Waals surface area contributed by atoms with Gasteiger partial charge in [-0.25, -0.2) is 0 Å². The minimum atomic E-state index is -0.126. The SMILES string of the molecule is CC1(C)c2ccccc2-c2ccc(N(c3ccc(-c4ccc5c(c4)oc4c(-c6ccccc6)c6c(cc45)oc4ccccc46)cc3)c3ccc(-c4cccc5c4sc4ccccc45)cc3)cc21. The monoisotopic (exact) mass is 875 g/mol. The topological polar surface area (TPSA) is 29.5 Å². The number of benzene rings is 10. The lowest BCUT2D eigenvalue weighted by atomic mass is 9.82. The maximum absolute atomic E-state index is 6.91. The van der Waals surface area contributed by atoms with E-state index in [9.17, 15) is 0 Å². The van der Waals surface area contributed by atoms with Crippen molar-refractivity contribution in [2.24, 2.45) is 0 Å². The Morgan fingerprint density at radius 2 is 1.04 bits per heavy atom. The van der Waals surface area contributed by atoms with Crippen LogP contribution in [0.15, 0.2) is 221 Å². The molecule has 3 aromatic heterocycles. The van der Waals surface area contributed by atoms with E-state index in [4.69, 9.17) is 8.83 Å². The van der Waals surface area contributed by atoms with Crippen molar-refractivity contribution in [3.05, 3.63) is 223 Å². The average molecular weight is 876 g/mol. The summed E-state index contributed by atoms with van der Waals surface area (Å²) in [6.45, 7) is 4.70. The molecule has 0 saturated heterocycles. The molecule has 0 spiro atoms. The van der Waals surface area contributed by atoms with E-state index in [1.165, 1.54) is 53.6 Å². The second kappa shape index (κ2) is 14.4. The van der Waals surface area contributed by atoms with E-state index < -0.39 is 0 Å². The van der Waals surface area contributed by atoms with Crippen molar-refractivity contribution < 1.29 is 8.83 Å². The van der Waals surface area contributed by atoms with E-state index in [1.807, 2.05) is 23.5 Å². The predicted octanol–water partition coefficient (Wildman–Crippen LogP) is 18.6. The summed E-state index contributed by atoms with van der Waals surface area (Å²) in [5, 5.41) is 6.90. The van der Waals surface area contributed by atoms with Gasteiger partial charge in [-0.15, -0.1) is 11.3 Å². The summed E-state index contributed by atoms with van der Waals surface area (Å²) in [4.78, 5) is 2.40. The third kappa shape index (κ3) is 5.76. The van der Waals surface area contributed by atoms with Gasteiger partial charge in [-0.2, -0.15) is 0 Å². The summed E-state index contributed by atoms with van der Waals surface area (Å²) in [6, 6.07) is 77.0. The van der Waals surface area contributed by atoms with Crippen molar-refractivity contribution >= 4 is 92.4 Å². The number of fused-ring (bicyclic) bond motifs is 12. The maximum atomic E-state index is 6.91. The summed E-state index contributed by atoms with van der Waals surface area (Å²) in [6.07, 6.45) is 0. The first-order valence-corrected chi connectivity index (χ1v) is 23.8. The molecule has 0 N–H and O–H groups in total. The van der Waals surface area contributed by atoms with Crippen LogP contribution in [0.3, 0.4) is 0 Å². The van der Waals surface area contributed by atoms with Gasteiger partial charge < -0.3 is 13.7 Å². The largest absolute Gasteiger partial charge is 0.456 e. The normalized spacial score (nSPS) is 13.0. The molecule has 0 atom stereocenters. The molecule has 3 nitrogen and oxygen atoms in total. The molecule has 3 heterocycles. The number of para-hydroxylation sites is 1. The fourth-order valence-electron chi connectivity index (χ4n) is 11.0. The van der Waals surface area contributed by atoms with Gasteiger partial charge in [0.15, 0.2) is 0 Å². The molecule has 0 aliphatic heterocycles. The van der Waals surface area contributed by atoms with Gasteiger partial charge in [-0.3, -0.25) is 0 Å². The van der Waals surface area contributed by atoms with Crippen molar-refractivity contribution in [3.8, 4) is 44.5 Å². The standard InChI is InChI=1S/C63H41NO2S/c1-63(2)53-20-9-6-15-46(53)47-34-32-44(36-54(47)63)64(43-30-25-39(26-31-43)45-18-12-19-50-49-16-8-11-22-58(49)67-62(45)50)42-28-23-38(24-29-42)41-27-33-48-52-37-57-60(51-17-7-10-21-55(51)65-57)59(40-13-4-3-5-14-40)61(52)66-56(48)35-41/h3-37H,1-2H3. The van der Waals surface area contributed by atoms with Gasteiger partial charge in [0.05, 0.1) is 0 Å². The van der Waals surface area contributed by atoms with Gasteiger partial charge in [0, 0.05) is 69.8 Å². The number of hydrogen-bond donors (Lipinski definition) is 0. The molecule has 0 amide bonds. The zero-order chi connectivity index (χ0) is 44.4. The first-order chi connectivity index (χ1) is 33.0. The summed E-state index contributed by atoms with van der Waals surface area (Å²) in [5.41, 5.74) is 18.8. The van der Waals surface area contributed by atoms with E-state index >= 15 is 0 Å². The van der Waals surface area contributed by atoms with Gasteiger partial charge in [-0.05, 0) is 117 Å². The summed E-state index contributed by atoms with van der Waals surface area (Å²) in [5.74, 6) is 0. The Bertz CT molecular complexity index is 4110. The molecular formula is C63H41NO2S. The molecule has 67 heavy (non-hydrogen) atoms. The van der Waals surface area contributed by atoms with Gasteiger partial charge >= 0.3 is 0 Å². The highest BCUT2D eigenvalue weighted by Crippen LogP contribution is 2.51. The summed E-state index contributed by atoms with van der Waals surface area (Å²) < 4.78 is 16.0. The molecule has 0 bridgehead atoms. The number of anilines is 3. The van der Waals surface area contributed by atoms with E-state index in [1.54, 1.807) is 0 Å². The lowest BCUT2D eigenvalue weighted by Gasteiger charge is -2.28. The molecule has 0 saturated carbocycles. The van der Waals surface area contributed by atoms with Crippen LogP contribution in [0.2, 0.25) is 0 Å². The van der Waals surface area contributed by atoms with Crippen LogP contribution in [-0.4, -0.2) is 0 Å². The zero-order valence-electron chi connectivity index (χ0n) is 36.9. The van der Waals surface area contributed by atoms with Crippen molar-refractivity contribution in [3.63, 3.8) is 0 Å². The molecule has 14 rings (SSSR count). The molecular weight excluding hydrogens is 835 g/mol. The lowest BCUT2D eigenvalue weighted by Crippen LogP contribution is -2.16. The van der Waals surface area contributed by atoms with Crippen molar-refractivity contribution in [1.82, 2.24) is 0 Å². The smallest absolute Gasteiger partial charge is 0.144 e. The number of hydrogen-bond acceptors (Lipinski definition) is 4. The third-order valence-electron chi connectivity index (χ3n) is 14.3. The molecule has 1 aliphatic carbocycles. The first-order valence-electron chi connectivity index (χ1n) is 23.0. The van der Waals surface area contributed by atoms with Crippen molar-refractivity contribution in [2.45, 2.75) is 19.3 Å². The molecule has 4 heteroatoms. The Morgan fingerprint density at radius 3 is 1.88 bits per heavy atom. The molecule has 13 aromatic rings. The molecule has 316 valence electrons. The van der Waals surface area contributed by atoms with E-state index in [0.29, 0.717) is 0 Å². The van der Waals surface area contributed by atoms with Crippen LogP contribution >= 0.6 is 11.3 Å². The lowest BCUT2D eigenvalue weighted by molar-refractivity contribution is 0.660. The van der Waals surface area contributed by atoms with Crippen molar-refractivity contribution in [2.75, 3.05) is 4.90 Å². The Balaban J connectivity index is 0.876. The van der Waals surface area contributed by atoms with Crippen molar-refractivity contribution in [1.29, 1.82) is 0 Å².